The lowest BCUT2D eigenvalue weighted by atomic mass is 10.1. The lowest BCUT2D eigenvalue weighted by Crippen LogP contribution is -1.97. The number of nitrogens with two attached hydrogens (primary N) is 1. The molecule has 0 aliphatic rings. The summed E-state index contributed by atoms with van der Waals surface area (Å²) < 4.78 is 0. The number of ketones is 1. The first kappa shape index (κ1) is 11.2. The standard InChI is InChI=1S/C14H14N2O/c1-10(17)11-6-8-12(9-7-11)16-14-5-3-2-4-13(14)15/h2-9,16H,15H2,1H3. The highest BCUT2D eigenvalue weighted by Gasteiger charge is 2.00. The van der Waals surface area contributed by atoms with Crippen molar-refractivity contribution in [2.45, 2.75) is 6.92 Å². The summed E-state index contributed by atoms with van der Waals surface area (Å²) in [6.45, 7) is 1.55. The van der Waals surface area contributed by atoms with Crippen LogP contribution in [-0.4, -0.2) is 5.78 Å². The van der Waals surface area contributed by atoms with E-state index in [0.717, 1.165) is 11.4 Å². The Morgan fingerprint density at radius 2 is 1.71 bits per heavy atom. The fourth-order valence-electron chi connectivity index (χ4n) is 1.55. The summed E-state index contributed by atoms with van der Waals surface area (Å²) in [6, 6.07) is 14.9. The van der Waals surface area contributed by atoms with Crippen LogP contribution in [0.3, 0.4) is 0 Å². The van der Waals surface area contributed by atoms with Crippen LogP contribution in [0.5, 0.6) is 0 Å². The summed E-state index contributed by atoms with van der Waals surface area (Å²) in [5, 5.41) is 3.20. The maximum Gasteiger partial charge on any atom is 0.159 e. The van der Waals surface area contributed by atoms with Crippen LogP contribution in [0.1, 0.15) is 17.3 Å². The molecule has 17 heavy (non-hydrogen) atoms. The molecule has 3 nitrogen and oxygen atoms in total. The molecule has 2 rings (SSSR count). The molecule has 0 fully saturated rings. The summed E-state index contributed by atoms with van der Waals surface area (Å²) in [5.41, 5.74) is 9.01. The molecule has 0 aliphatic carbocycles. The predicted molar refractivity (Wildman–Crippen MR) is 70.6 cm³/mol. The first-order valence-corrected chi connectivity index (χ1v) is 5.39. The zero-order valence-corrected chi connectivity index (χ0v) is 9.60. The van der Waals surface area contributed by atoms with E-state index in [4.69, 9.17) is 5.73 Å². The van der Waals surface area contributed by atoms with E-state index in [-0.39, 0.29) is 5.78 Å². The number of para-hydroxylation sites is 2. The fraction of sp³-hybridized carbons (Fsp3) is 0.0714. The summed E-state index contributed by atoms with van der Waals surface area (Å²) >= 11 is 0. The van der Waals surface area contributed by atoms with Gasteiger partial charge in [0, 0.05) is 11.3 Å². The van der Waals surface area contributed by atoms with E-state index in [9.17, 15) is 4.79 Å². The van der Waals surface area contributed by atoms with Gasteiger partial charge in [-0.1, -0.05) is 12.1 Å². The summed E-state index contributed by atoms with van der Waals surface area (Å²) in [6.07, 6.45) is 0. The van der Waals surface area contributed by atoms with Gasteiger partial charge in [0.15, 0.2) is 5.78 Å². The molecule has 0 unspecified atom stereocenters. The Morgan fingerprint density at radius 1 is 1.06 bits per heavy atom. The maximum atomic E-state index is 11.1. The third kappa shape index (κ3) is 2.64. The van der Waals surface area contributed by atoms with E-state index in [0.29, 0.717) is 11.3 Å². The lowest BCUT2D eigenvalue weighted by Gasteiger charge is -2.09. The minimum atomic E-state index is 0.0655. The first-order valence-electron chi connectivity index (χ1n) is 5.39. The molecule has 0 aliphatic heterocycles. The molecular weight excluding hydrogens is 212 g/mol. The Hall–Kier alpha value is -2.29. The second-order valence-electron chi connectivity index (χ2n) is 3.85. The van der Waals surface area contributed by atoms with Crippen molar-refractivity contribution in [3.63, 3.8) is 0 Å². The van der Waals surface area contributed by atoms with Gasteiger partial charge >= 0.3 is 0 Å². The van der Waals surface area contributed by atoms with Crippen molar-refractivity contribution >= 4 is 22.8 Å². The molecule has 3 heteroatoms. The van der Waals surface area contributed by atoms with Crippen LogP contribution in [-0.2, 0) is 0 Å². The largest absolute Gasteiger partial charge is 0.397 e. The molecule has 0 saturated carbocycles. The van der Waals surface area contributed by atoms with Gasteiger partial charge in [0.05, 0.1) is 11.4 Å². The number of carbonyl (C=O) groups is 1. The number of nitrogen functional groups attached to an aromatic ring is 1. The second-order valence-corrected chi connectivity index (χ2v) is 3.85. The number of carbonyl (C=O) groups excluding carboxylic acids is 1. The second kappa shape index (κ2) is 4.70. The van der Waals surface area contributed by atoms with Gasteiger partial charge in [0.25, 0.3) is 0 Å². The Balaban J connectivity index is 2.20. The van der Waals surface area contributed by atoms with E-state index < -0.39 is 0 Å². The molecule has 0 saturated heterocycles. The Labute approximate surface area is 100 Å². The zero-order chi connectivity index (χ0) is 12.3. The highest BCUT2D eigenvalue weighted by atomic mass is 16.1. The number of anilines is 3. The van der Waals surface area contributed by atoms with Gasteiger partial charge in [-0.25, -0.2) is 0 Å². The molecule has 0 atom stereocenters. The molecule has 2 aromatic rings. The number of Topliss-reactive ketones (excluding diaryl/α,β-unsaturated/α-hetero) is 1. The Morgan fingerprint density at radius 3 is 2.29 bits per heavy atom. The van der Waals surface area contributed by atoms with Crippen molar-refractivity contribution in [1.29, 1.82) is 0 Å². The molecular formula is C14H14N2O. The van der Waals surface area contributed by atoms with Gasteiger partial charge in [-0.3, -0.25) is 4.79 Å². The van der Waals surface area contributed by atoms with Gasteiger partial charge in [-0.15, -0.1) is 0 Å². The Bertz CT molecular complexity index is 532. The average Bonchev–Trinajstić information content (AvgIpc) is 2.33. The molecule has 0 aromatic heterocycles. The van der Waals surface area contributed by atoms with Crippen molar-refractivity contribution < 1.29 is 4.79 Å². The van der Waals surface area contributed by atoms with Crippen LogP contribution < -0.4 is 11.1 Å². The van der Waals surface area contributed by atoms with Gasteiger partial charge < -0.3 is 11.1 Å². The van der Waals surface area contributed by atoms with Gasteiger partial charge in [0.2, 0.25) is 0 Å². The zero-order valence-electron chi connectivity index (χ0n) is 9.60. The van der Waals surface area contributed by atoms with E-state index in [1.165, 1.54) is 0 Å². The molecule has 0 heterocycles. The molecule has 0 amide bonds. The van der Waals surface area contributed by atoms with Crippen LogP contribution in [0.15, 0.2) is 48.5 Å². The number of hydrogen-bond donors (Lipinski definition) is 2. The molecule has 0 bridgehead atoms. The number of benzene rings is 2. The maximum absolute atomic E-state index is 11.1. The van der Waals surface area contributed by atoms with Crippen LogP contribution in [0.25, 0.3) is 0 Å². The number of hydrogen-bond acceptors (Lipinski definition) is 3. The normalized spacial score (nSPS) is 9.94. The van der Waals surface area contributed by atoms with Crippen molar-refractivity contribution in [3.05, 3.63) is 54.1 Å². The quantitative estimate of drug-likeness (QED) is 0.624. The van der Waals surface area contributed by atoms with E-state index in [2.05, 4.69) is 5.32 Å². The lowest BCUT2D eigenvalue weighted by molar-refractivity contribution is 0.101. The number of rotatable bonds is 3. The SMILES string of the molecule is CC(=O)c1ccc(Nc2ccccc2N)cc1. The molecule has 3 N–H and O–H groups in total. The number of nitrogens with one attached hydrogen (secondary N) is 1. The third-order valence-electron chi connectivity index (χ3n) is 2.53. The first-order chi connectivity index (χ1) is 8.16. The van der Waals surface area contributed by atoms with E-state index in [1.54, 1.807) is 19.1 Å². The fourth-order valence-corrected chi connectivity index (χ4v) is 1.55. The minimum Gasteiger partial charge on any atom is -0.397 e. The third-order valence-corrected chi connectivity index (χ3v) is 2.53. The van der Waals surface area contributed by atoms with E-state index >= 15 is 0 Å². The highest BCUT2D eigenvalue weighted by Crippen LogP contribution is 2.22. The molecule has 86 valence electrons. The van der Waals surface area contributed by atoms with Gasteiger partial charge in [-0.2, -0.15) is 0 Å². The van der Waals surface area contributed by atoms with Crippen LogP contribution >= 0.6 is 0 Å². The van der Waals surface area contributed by atoms with E-state index in [1.807, 2.05) is 36.4 Å². The molecule has 0 radical (unpaired) electrons. The van der Waals surface area contributed by atoms with Crippen LogP contribution in [0.4, 0.5) is 17.1 Å². The van der Waals surface area contributed by atoms with Crippen molar-refractivity contribution in [1.82, 2.24) is 0 Å². The summed E-state index contributed by atoms with van der Waals surface area (Å²) in [5.74, 6) is 0.0655. The molecule has 2 aromatic carbocycles. The van der Waals surface area contributed by atoms with Crippen molar-refractivity contribution in [2.75, 3.05) is 11.1 Å². The van der Waals surface area contributed by atoms with Crippen LogP contribution in [0.2, 0.25) is 0 Å². The smallest absolute Gasteiger partial charge is 0.159 e. The predicted octanol–water partition coefficient (Wildman–Crippen LogP) is 3.22. The summed E-state index contributed by atoms with van der Waals surface area (Å²) in [4.78, 5) is 11.1. The molecule has 0 spiro atoms. The monoisotopic (exact) mass is 226 g/mol. The van der Waals surface area contributed by atoms with Crippen LogP contribution in [0, 0.1) is 0 Å². The Kier molecular flexibility index (Phi) is 3.10. The van der Waals surface area contributed by atoms with Gasteiger partial charge in [0.1, 0.15) is 0 Å². The van der Waals surface area contributed by atoms with Crippen molar-refractivity contribution in [3.8, 4) is 0 Å². The summed E-state index contributed by atoms with van der Waals surface area (Å²) in [7, 11) is 0. The van der Waals surface area contributed by atoms with Crippen molar-refractivity contribution in [2.24, 2.45) is 0 Å². The topological polar surface area (TPSA) is 55.1 Å². The minimum absolute atomic E-state index is 0.0655. The average molecular weight is 226 g/mol. The van der Waals surface area contributed by atoms with Gasteiger partial charge in [-0.05, 0) is 43.3 Å². The highest BCUT2D eigenvalue weighted by molar-refractivity contribution is 5.94.